The summed E-state index contributed by atoms with van der Waals surface area (Å²) in [5.74, 6) is -4.15. The van der Waals surface area contributed by atoms with Crippen LogP contribution in [-0.4, -0.2) is 22.0 Å². The molecule has 0 saturated carbocycles. The van der Waals surface area contributed by atoms with E-state index in [1.807, 2.05) is 0 Å². The molecule has 0 unspecified atom stereocenters. The van der Waals surface area contributed by atoms with Gasteiger partial charge in [0.05, 0.1) is 16.8 Å². The van der Waals surface area contributed by atoms with Crippen LogP contribution >= 0.6 is 22.9 Å². The summed E-state index contributed by atoms with van der Waals surface area (Å²) in [4.78, 5) is 24.8. The maximum atomic E-state index is 12.6. The van der Waals surface area contributed by atoms with E-state index in [1.165, 1.54) is 0 Å². The number of benzene rings is 2. The topological polar surface area (TPSA) is 93.3 Å². The number of hydrogen-bond donors (Lipinski definition) is 2. The lowest BCUT2D eigenvalue weighted by atomic mass is 10.1. The van der Waals surface area contributed by atoms with Crippen molar-refractivity contribution >= 4 is 34.8 Å². The van der Waals surface area contributed by atoms with Crippen LogP contribution in [0.4, 0.5) is 22.0 Å². The molecule has 3 rings (SSSR count). The molecule has 0 bridgehead atoms. The van der Waals surface area contributed by atoms with Crippen LogP contribution in [-0.2, 0) is 6.18 Å². The molecule has 3 N–H and O–H groups in total. The molecule has 0 saturated heterocycles. The van der Waals surface area contributed by atoms with E-state index in [-0.39, 0.29) is 20.5 Å². The molecule has 0 aliphatic heterocycles. The number of nitrogens with zero attached hydrogens (tertiary/aromatic N) is 1. The number of halogens is 6. The lowest BCUT2D eigenvalue weighted by Crippen LogP contribution is -2.15. The second-order valence-corrected chi connectivity index (χ2v) is 6.93. The smallest absolute Gasteiger partial charge is 0.416 e. The fourth-order valence-corrected chi connectivity index (χ4v) is 3.14. The molecule has 1 aromatic heterocycles. The number of aromatic carboxylic acids is 1. The first-order chi connectivity index (χ1) is 13.9. The van der Waals surface area contributed by atoms with Crippen molar-refractivity contribution in [2.45, 2.75) is 6.18 Å². The Morgan fingerprint density at radius 2 is 1.70 bits per heavy atom. The monoisotopic (exact) mass is 464 g/mol. The number of carbonyl (C=O) groups is 2. The largest absolute Gasteiger partial charge is 0.477 e. The molecule has 0 radical (unpaired) electrons. The molecular formula is C18H10ClF5N2O3S. The summed E-state index contributed by atoms with van der Waals surface area (Å²) < 4.78 is 62.9. The molecule has 0 fully saturated rings. The average Bonchev–Trinajstić information content (AvgIpc) is 3.11. The van der Waals surface area contributed by atoms with Crippen molar-refractivity contribution in [1.82, 2.24) is 4.98 Å². The molecule has 0 aliphatic rings. The number of alkyl halides is 3. The number of carboxylic acid groups (broad SMARTS) is 1. The molecule has 2 aromatic carbocycles. The molecular weight excluding hydrogens is 455 g/mol. The third-order valence-electron chi connectivity index (χ3n) is 3.45. The summed E-state index contributed by atoms with van der Waals surface area (Å²) in [5, 5.41) is 8.97. The van der Waals surface area contributed by atoms with Crippen LogP contribution in [0.25, 0.3) is 10.6 Å². The highest BCUT2D eigenvalue weighted by atomic mass is 35.5. The van der Waals surface area contributed by atoms with Crippen LogP contribution in [0.1, 0.15) is 25.6 Å². The van der Waals surface area contributed by atoms with Gasteiger partial charge in [-0.05, 0) is 30.3 Å². The number of aromatic nitrogens is 1. The van der Waals surface area contributed by atoms with Crippen LogP contribution in [0.2, 0.25) is 5.02 Å². The Balaban J connectivity index is 0.000000248. The van der Waals surface area contributed by atoms with Gasteiger partial charge in [0.2, 0.25) is 0 Å². The lowest BCUT2D eigenvalue weighted by molar-refractivity contribution is -0.137. The maximum Gasteiger partial charge on any atom is 0.416 e. The van der Waals surface area contributed by atoms with Crippen molar-refractivity contribution in [2.24, 2.45) is 5.73 Å². The minimum absolute atomic E-state index is 0.0639. The van der Waals surface area contributed by atoms with Crippen LogP contribution in [0.3, 0.4) is 0 Å². The van der Waals surface area contributed by atoms with Crippen LogP contribution in [0, 0.1) is 11.6 Å². The van der Waals surface area contributed by atoms with Gasteiger partial charge in [0, 0.05) is 5.56 Å². The number of amides is 1. The maximum absolute atomic E-state index is 12.6. The number of thiazole rings is 1. The first kappa shape index (κ1) is 23.2. The normalized spacial score (nSPS) is 10.9. The van der Waals surface area contributed by atoms with Gasteiger partial charge in [0.1, 0.15) is 27.1 Å². The molecule has 0 aliphatic carbocycles. The van der Waals surface area contributed by atoms with Crippen LogP contribution in [0.15, 0.2) is 42.6 Å². The zero-order valence-corrected chi connectivity index (χ0v) is 16.1. The van der Waals surface area contributed by atoms with E-state index in [2.05, 4.69) is 4.98 Å². The van der Waals surface area contributed by atoms with E-state index in [0.717, 1.165) is 53.9 Å². The van der Waals surface area contributed by atoms with Crippen LogP contribution in [0.5, 0.6) is 0 Å². The van der Waals surface area contributed by atoms with Gasteiger partial charge in [-0.2, -0.15) is 13.2 Å². The Bertz CT molecular complexity index is 1080. The highest BCUT2D eigenvalue weighted by Crippen LogP contribution is 2.37. The molecule has 30 heavy (non-hydrogen) atoms. The molecule has 1 heterocycles. The molecule has 3 aromatic rings. The Hall–Kier alpha value is -3.05. The van der Waals surface area contributed by atoms with Gasteiger partial charge in [-0.25, -0.2) is 18.6 Å². The summed E-state index contributed by atoms with van der Waals surface area (Å²) in [6.45, 7) is 0. The third-order valence-corrected chi connectivity index (χ3v) is 4.80. The number of primary amides is 1. The highest BCUT2D eigenvalue weighted by Gasteiger charge is 2.31. The summed E-state index contributed by atoms with van der Waals surface area (Å²) >= 11 is 6.59. The average molecular weight is 465 g/mol. The Morgan fingerprint density at radius 3 is 2.13 bits per heavy atom. The standard InChI is InChI=1S/C11H5ClF3NO2S.C7H5F2NO/c12-7-2-1-5(11(13,14)15)3-6(7)9-16-4-8(19-9)10(17)18;8-4-2-1-3-5(9)6(4)7(10)11/h1-4H,(H,17,18);1-3H,(H2,10,11). The van der Waals surface area contributed by atoms with Gasteiger partial charge < -0.3 is 10.8 Å². The predicted molar refractivity (Wildman–Crippen MR) is 99.4 cm³/mol. The quantitative estimate of drug-likeness (QED) is 0.518. The lowest BCUT2D eigenvalue weighted by Gasteiger charge is -2.08. The molecule has 0 atom stereocenters. The summed E-state index contributed by atoms with van der Waals surface area (Å²) in [6, 6.07) is 5.94. The van der Waals surface area contributed by atoms with Gasteiger partial charge in [0.25, 0.3) is 5.91 Å². The zero-order chi connectivity index (χ0) is 22.6. The van der Waals surface area contributed by atoms with Gasteiger partial charge in [0.15, 0.2) is 0 Å². The number of rotatable bonds is 3. The fraction of sp³-hybridized carbons (Fsp3) is 0.0556. The second kappa shape index (κ2) is 9.18. The summed E-state index contributed by atoms with van der Waals surface area (Å²) in [7, 11) is 0. The van der Waals surface area contributed by atoms with Gasteiger partial charge in [-0.15, -0.1) is 11.3 Å². The van der Waals surface area contributed by atoms with Gasteiger partial charge in [-0.3, -0.25) is 4.79 Å². The van der Waals surface area contributed by atoms with Crippen molar-refractivity contribution in [3.8, 4) is 10.6 Å². The Labute approximate surface area is 174 Å². The van der Waals surface area contributed by atoms with E-state index in [0.29, 0.717) is 0 Å². The number of carbonyl (C=O) groups excluding carboxylic acids is 1. The SMILES string of the molecule is NC(=O)c1c(F)cccc1F.O=C(O)c1cnc(-c2cc(C(F)(F)F)ccc2Cl)s1. The zero-order valence-electron chi connectivity index (χ0n) is 14.5. The van der Waals surface area contributed by atoms with Crippen molar-refractivity contribution < 1.29 is 36.6 Å². The summed E-state index contributed by atoms with van der Waals surface area (Å²) in [5.41, 5.74) is 3.21. The summed E-state index contributed by atoms with van der Waals surface area (Å²) in [6.07, 6.45) is -3.41. The first-order valence-corrected chi connectivity index (χ1v) is 8.91. The van der Waals surface area contributed by atoms with E-state index >= 15 is 0 Å². The molecule has 158 valence electrons. The van der Waals surface area contributed by atoms with Crippen molar-refractivity contribution in [3.05, 3.63) is 75.3 Å². The van der Waals surface area contributed by atoms with Crippen LogP contribution < -0.4 is 5.73 Å². The molecule has 12 heteroatoms. The van der Waals surface area contributed by atoms with Crippen molar-refractivity contribution in [1.29, 1.82) is 0 Å². The minimum atomic E-state index is -4.49. The Kier molecular flexibility index (Phi) is 7.11. The van der Waals surface area contributed by atoms with Crippen molar-refractivity contribution in [2.75, 3.05) is 0 Å². The predicted octanol–water partition coefficient (Wildman–Crippen LogP) is 5.24. The van der Waals surface area contributed by atoms with Gasteiger partial charge in [-0.1, -0.05) is 17.7 Å². The third kappa shape index (κ3) is 5.51. The first-order valence-electron chi connectivity index (χ1n) is 7.72. The van der Waals surface area contributed by atoms with E-state index in [1.54, 1.807) is 0 Å². The minimum Gasteiger partial charge on any atom is -0.477 e. The number of carboxylic acids is 1. The van der Waals surface area contributed by atoms with E-state index in [4.69, 9.17) is 22.4 Å². The molecule has 0 spiro atoms. The molecule has 1 amide bonds. The Morgan fingerprint density at radius 1 is 1.10 bits per heavy atom. The molecule has 5 nitrogen and oxygen atoms in total. The van der Waals surface area contributed by atoms with E-state index in [9.17, 15) is 31.5 Å². The number of hydrogen-bond acceptors (Lipinski definition) is 4. The van der Waals surface area contributed by atoms with Gasteiger partial charge >= 0.3 is 12.1 Å². The highest BCUT2D eigenvalue weighted by molar-refractivity contribution is 7.16. The second-order valence-electron chi connectivity index (χ2n) is 5.49. The fourth-order valence-electron chi connectivity index (χ4n) is 2.10. The van der Waals surface area contributed by atoms with E-state index < -0.39 is 40.8 Å². The number of nitrogens with two attached hydrogens (primary N) is 1. The van der Waals surface area contributed by atoms with Crippen molar-refractivity contribution in [3.63, 3.8) is 0 Å².